The van der Waals surface area contributed by atoms with E-state index in [2.05, 4.69) is 126 Å². The van der Waals surface area contributed by atoms with Crippen LogP contribution in [0.25, 0.3) is 44.5 Å². The van der Waals surface area contributed by atoms with Gasteiger partial charge in [-0.2, -0.15) is 0 Å². The van der Waals surface area contributed by atoms with Gasteiger partial charge in [-0.1, -0.05) is 126 Å². The minimum atomic E-state index is -1.75. The van der Waals surface area contributed by atoms with Gasteiger partial charge in [0.15, 0.2) is 0 Å². The van der Waals surface area contributed by atoms with Crippen molar-refractivity contribution in [1.82, 2.24) is 40.0 Å². The number of likely N-dealkylation sites (tertiary alicyclic amines) is 1. The van der Waals surface area contributed by atoms with Crippen LogP contribution in [0.1, 0.15) is 75.9 Å². The summed E-state index contributed by atoms with van der Waals surface area (Å²) in [4.78, 5) is 63.5. The number of amides is 3. The Bertz CT molecular complexity index is 2550. The average molecular weight is 865 g/mol. The van der Waals surface area contributed by atoms with Crippen LogP contribution in [-0.2, 0) is 14.3 Å². The van der Waals surface area contributed by atoms with Gasteiger partial charge in [0.1, 0.15) is 23.7 Å². The molecule has 2 fully saturated rings. The number of likely N-dealkylation sites (N-methyl/N-ethyl adjacent to an activating group) is 1. The summed E-state index contributed by atoms with van der Waals surface area (Å²) in [6.07, 6.45) is 3.79. The quantitative estimate of drug-likeness (QED) is 0.0984. The summed E-state index contributed by atoms with van der Waals surface area (Å²) in [5.74, 6) is 1.53. The summed E-state index contributed by atoms with van der Waals surface area (Å²) >= 11 is 0. The van der Waals surface area contributed by atoms with Crippen LogP contribution in [-0.4, -0.2) is 99.6 Å². The summed E-state index contributed by atoms with van der Waals surface area (Å²) < 4.78 is 4.83. The summed E-state index contributed by atoms with van der Waals surface area (Å²) in [5.41, 5.74) is 9.12. The van der Waals surface area contributed by atoms with E-state index in [0.29, 0.717) is 6.17 Å². The Kier molecular flexibility index (Phi) is 12.7. The van der Waals surface area contributed by atoms with Crippen molar-refractivity contribution in [2.24, 2.45) is 5.92 Å². The number of carbonyl (C=O) groups is 3. The molecule has 13 heteroatoms. The smallest absolute Gasteiger partial charge is 0.407 e. The lowest BCUT2D eigenvalue weighted by molar-refractivity contribution is -0.138. The van der Waals surface area contributed by atoms with Crippen LogP contribution < -0.4 is 5.32 Å². The van der Waals surface area contributed by atoms with Crippen molar-refractivity contribution in [3.8, 4) is 33.5 Å². The molecule has 2 saturated heterocycles. The third kappa shape index (κ3) is 9.07. The van der Waals surface area contributed by atoms with Crippen molar-refractivity contribution in [3.63, 3.8) is 0 Å². The van der Waals surface area contributed by atoms with Gasteiger partial charge < -0.3 is 29.8 Å². The molecule has 12 nitrogen and oxygen atoms in total. The Morgan fingerprint density at radius 2 is 1.44 bits per heavy atom. The van der Waals surface area contributed by atoms with E-state index in [9.17, 15) is 14.4 Å². The Hall–Kier alpha value is -6.05. The largest absolute Gasteiger partial charge is 0.453 e. The number of hydrogen-bond donors (Lipinski definition) is 3. The van der Waals surface area contributed by atoms with E-state index in [1.807, 2.05) is 48.0 Å². The SMILES string of the molecule is CCN(CC)[C@@H](C(=O)N1CCC[C@H]1c1ncc(-c2ccc(-c3ccc(-c4ccc5[nH]c([C@@H]6C[Si](C)(C)CN6C(=O)[C@@H](NC(=O)OC)C(C)C)nc5c4)cc3)cc2)[nH]1)c1ccccc1. The second-order valence-electron chi connectivity index (χ2n) is 18.1. The molecule has 0 saturated carbocycles. The molecule has 328 valence electrons. The molecule has 3 amide bonds. The van der Waals surface area contributed by atoms with Crippen LogP contribution in [0, 0.1) is 5.92 Å². The van der Waals surface area contributed by atoms with Crippen molar-refractivity contribution in [2.75, 3.05) is 32.9 Å². The van der Waals surface area contributed by atoms with E-state index < -0.39 is 20.2 Å². The molecule has 63 heavy (non-hydrogen) atoms. The Morgan fingerprint density at radius 1 is 0.810 bits per heavy atom. The summed E-state index contributed by atoms with van der Waals surface area (Å²) in [6.45, 7) is 15.0. The third-order valence-electron chi connectivity index (χ3n) is 12.9. The number of nitrogens with zero attached hydrogens (tertiary/aromatic N) is 5. The molecule has 0 bridgehead atoms. The zero-order chi connectivity index (χ0) is 44.4. The molecule has 0 radical (unpaired) electrons. The van der Waals surface area contributed by atoms with Gasteiger partial charge in [0.05, 0.1) is 50.2 Å². The van der Waals surface area contributed by atoms with E-state index >= 15 is 0 Å². The van der Waals surface area contributed by atoms with Gasteiger partial charge in [0.2, 0.25) is 11.8 Å². The number of fused-ring (bicyclic) bond motifs is 1. The number of ether oxygens (including phenoxy) is 1. The lowest BCUT2D eigenvalue weighted by atomic mass is 9.99. The summed E-state index contributed by atoms with van der Waals surface area (Å²) in [5, 5.41) is 2.76. The second-order valence-corrected chi connectivity index (χ2v) is 23.2. The molecule has 2 aromatic heterocycles. The fraction of sp³-hybridized carbons (Fsp3) is 0.380. The number of benzene rings is 4. The number of imidazole rings is 2. The normalized spacial score (nSPS) is 18.3. The van der Waals surface area contributed by atoms with E-state index in [4.69, 9.17) is 14.7 Å². The standard InChI is InChI=1S/C50H60N8O4Si/c1-8-56(9-2)45(37-14-11-10-12-15-37)49(60)57-27-13-16-42(57)46-51-29-41(54-46)36-23-21-34(22-24-36)33-17-19-35(20-18-33)38-25-26-39-40(28-38)53-47(52-39)43-30-63(6,7)31-58(43)48(59)44(32(3)4)55-50(61)62-5/h10-12,14-15,17-26,28-29,32,42-45H,8-9,13,16,27,30-31H2,1-7H3,(H,51,54)(H,52,53)(H,55,61)/t42-,43-,44-,45+/m0/s1. The van der Waals surface area contributed by atoms with Gasteiger partial charge in [-0.3, -0.25) is 14.5 Å². The van der Waals surface area contributed by atoms with E-state index in [1.165, 1.54) is 7.11 Å². The minimum absolute atomic E-state index is 0.0929. The highest BCUT2D eigenvalue weighted by molar-refractivity contribution is 6.78. The van der Waals surface area contributed by atoms with Crippen molar-refractivity contribution >= 4 is 37.0 Å². The van der Waals surface area contributed by atoms with E-state index in [1.54, 1.807) is 0 Å². The van der Waals surface area contributed by atoms with Crippen molar-refractivity contribution in [2.45, 2.75) is 83.8 Å². The third-order valence-corrected chi connectivity index (χ3v) is 15.6. The lowest BCUT2D eigenvalue weighted by Crippen LogP contribution is -2.52. The maximum Gasteiger partial charge on any atom is 0.407 e. The summed E-state index contributed by atoms with van der Waals surface area (Å²) in [7, 11) is -0.441. The van der Waals surface area contributed by atoms with Crippen molar-refractivity contribution in [1.29, 1.82) is 0 Å². The molecule has 0 spiro atoms. The Labute approximate surface area is 371 Å². The van der Waals surface area contributed by atoms with Crippen LogP contribution in [0.15, 0.2) is 103 Å². The zero-order valence-electron chi connectivity index (χ0n) is 37.5. The predicted octanol–water partition coefficient (Wildman–Crippen LogP) is 9.55. The maximum absolute atomic E-state index is 14.3. The van der Waals surface area contributed by atoms with Crippen LogP contribution in [0.3, 0.4) is 0 Å². The molecule has 2 aliphatic heterocycles. The first-order valence-corrected chi connectivity index (χ1v) is 25.8. The number of aromatic nitrogens is 4. The Balaban J connectivity index is 0.953. The van der Waals surface area contributed by atoms with Crippen LogP contribution in [0.4, 0.5) is 4.79 Å². The number of rotatable bonds is 13. The molecular formula is C50H60N8O4Si. The molecule has 3 N–H and O–H groups in total. The zero-order valence-corrected chi connectivity index (χ0v) is 38.5. The summed E-state index contributed by atoms with van der Waals surface area (Å²) in [6, 6.07) is 33.1. The van der Waals surface area contributed by atoms with Gasteiger partial charge in [0.25, 0.3) is 0 Å². The number of nitrogens with one attached hydrogen (secondary N) is 3. The van der Waals surface area contributed by atoms with Gasteiger partial charge >= 0.3 is 6.09 Å². The topological polar surface area (TPSA) is 140 Å². The molecule has 0 unspecified atom stereocenters. The number of carbonyl (C=O) groups excluding carboxylic acids is 3. The first-order valence-electron chi connectivity index (χ1n) is 22.4. The fourth-order valence-corrected chi connectivity index (χ4v) is 12.4. The van der Waals surface area contributed by atoms with Crippen LogP contribution in [0.5, 0.6) is 0 Å². The number of hydrogen-bond acceptors (Lipinski definition) is 7. The lowest BCUT2D eigenvalue weighted by Gasteiger charge is -2.34. The van der Waals surface area contributed by atoms with Gasteiger partial charge in [-0.15, -0.1) is 0 Å². The van der Waals surface area contributed by atoms with Gasteiger partial charge in [0, 0.05) is 12.7 Å². The highest BCUT2D eigenvalue weighted by Crippen LogP contribution is 2.39. The average Bonchev–Trinajstić information content (AvgIpc) is 4.13. The van der Waals surface area contributed by atoms with Crippen molar-refractivity contribution in [3.05, 3.63) is 120 Å². The fourth-order valence-electron chi connectivity index (χ4n) is 9.54. The number of H-pyrrole nitrogens is 2. The van der Waals surface area contributed by atoms with E-state index in [-0.39, 0.29) is 35.9 Å². The predicted molar refractivity (Wildman–Crippen MR) is 251 cm³/mol. The number of aromatic amines is 2. The van der Waals surface area contributed by atoms with Crippen LogP contribution >= 0.6 is 0 Å². The van der Waals surface area contributed by atoms with E-state index in [0.717, 1.165) is 100 Å². The first-order chi connectivity index (χ1) is 30.4. The molecule has 4 atom stereocenters. The van der Waals surface area contributed by atoms with Crippen molar-refractivity contribution < 1.29 is 19.1 Å². The number of methoxy groups -OCH3 is 1. The number of alkyl carbamates (subject to hydrolysis) is 1. The molecular weight excluding hydrogens is 805 g/mol. The first kappa shape index (κ1) is 43.6. The van der Waals surface area contributed by atoms with Gasteiger partial charge in [-0.05, 0) is 83.4 Å². The van der Waals surface area contributed by atoms with Gasteiger partial charge in [-0.25, -0.2) is 14.8 Å². The maximum atomic E-state index is 14.3. The minimum Gasteiger partial charge on any atom is -0.453 e. The molecule has 8 rings (SSSR count). The Morgan fingerprint density at radius 3 is 2.08 bits per heavy atom. The molecule has 6 aromatic rings. The molecule has 4 heterocycles. The second kappa shape index (κ2) is 18.3. The highest BCUT2D eigenvalue weighted by Gasteiger charge is 2.46. The monoisotopic (exact) mass is 864 g/mol. The molecule has 4 aromatic carbocycles. The molecule has 0 aliphatic carbocycles. The highest BCUT2D eigenvalue weighted by atomic mass is 28.3. The van der Waals surface area contributed by atoms with Crippen LogP contribution in [0.2, 0.25) is 19.1 Å². The molecule has 2 aliphatic rings.